The molecule has 1 N–H and O–H groups in total. The minimum Gasteiger partial charge on any atom is -0.351 e. The van der Waals surface area contributed by atoms with Gasteiger partial charge < -0.3 is 10.2 Å². The summed E-state index contributed by atoms with van der Waals surface area (Å²) in [6, 6.07) is 18.6. The van der Waals surface area contributed by atoms with Crippen molar-refractivity contribution < 1.29 is 9.59 Å². The maximum absolute atomic E-state index is 13.3. The van der Waals surface area contributed by atoms with Crippen LogP contribution in [0.25, 0.3) is 0 Å². The van der Waals surface area contributed by atoms with Crippen LogP contribution in [0.1, 0.15) is 51.5 Å². The van der Waals surface area contributed by atoms with E-state index in [0.29, 0.717) is 25.1 Å². The summed E-state index contributed by atoms with van der Waals surface area (Å²) in [6.45, 7) is 2.99. The first-order chi connectivity index (χ1) is 14.6. The zero-order valence-electron chi connectivity index (χ0n) is 17.1. The third-order valence-corrected chi connectivity index (χ3v) is 6.36. The molecule has 0 saturated heterocycles. The van der Waals surface area contributed by atoms with Crippen LogP contribution in [-0.2, 0) is 17.8 Å². The van der Waals surface area contributed by atoms with E-state index in [9.17, 15) is 9.59 Å². The molecule has 4 nitrogen and oxygen atoms in total. The van der Waals surface area contributed by atoms with Gasteiger partial charge in [-0.25, -0.2) is 0 Å². The lowest BCUT2D eigenvalue weighted by Gasteiger charge is -2.30. The number of hydrogen-bond acceptors (Lipinski definition) is 3. The van der Waals surface area contributed by atoms with Gasteiger partial charge in [-0.2, -0.15) is 11.3 Å². The largest absolute Gasteiger partial charge is 0.351 e. The van der Waals surface area contributed by atoms with Gasteiger partial charge in [0.1, 0.15) is 0 Å². The van der Waals surface area contributed by atoms with E-state index in [4.69, 9.17) is 0 Å². The van der Waals surface area contributed by atoms with Gasteiger partial charge in [0.2, 0.25) is 5.91 Å². The van der Waals surface area contributed by atoms with Crippen LogP contribution in [0.2, 0.25) is 0 Å². The van der Waals surface area contributed by atoms with Crippen LogP contribution in [0.15, 0.2) is 65.4 Å². The number of rotatable bonds is 7. The van der Waals surface area contributed by atoms with Crippen LogP contribution >= 0.6 is 11.3 Å². The van der Waals surface area contributed by atoms with Gasteiger partial charge in [-0.05, 0) is 47.9 Å². The highest BCUT2D eigenvalue weighted by Gasteiger charge is 2.30. The summed E-state index contributed by atoms with van der Waals surface area (Å²) in [7, 11) is 0. The highest BCUT2D eigenvalue weighted by atomic mass is 32.1. The van der Waals surface area contributed by atoms with Crippen molar-refractivity contribution in [3.63, 3.8) is 0 Å². The first kappa shape index (κ1) is 20.4. The zero-order valence-corrected chi connectivity index (χ0v) is 18.0. The topological polar surface area (TPSA) is 49.4 Å². The van der Waals surface area contributed by atoms with Crippen molar-refractivity contribution >= 4 is 23.2 Å². The predicted octanol–water partition coefficient (Wildman–Crippen LogP) is 4.89. The van der Waals surface area contributed by atoms with Gasteiger partial charge in [0.15, 0.2) is 0 Å². The second kappa shape index (κ2) is 9.26. The molecule has 2 aromatic carbocycles. The lowest BCUT2D eigenvalue weighted by Crippen LogP contribution is -2.36. The molecule has 5 heteroatoms. The molecule has 0 aliphatic heterocycles. The molecule has 0 spiro atoms. The number of aryl methyl sites for hydroxylation is 2. The Kier molecular flexibility index (Phi) is 6.29. The van der Waals surface area contributed by atoms with E-state index < -0.39 is 0 Å². The summed E-state index contributed by atoms with van der Waals surface area (Å²) < 4.78 is 0. The summed E-state index contributed by atoms with van der Waals surface area (Å²) in [6.07, 6.45) is 2.23. The monoisotopic (exact) mass is 418 g/mol. The molecule has 1 aliphatic rings. The maximum atomic E-state index is 13.3. The van der Waals surface area contributed by atoms with Gasteiger partial charge in [-0.1, -0.05) is 54.1 Å². The minimum atomic E-state index is -0.125. The molecule has 0 fully saturated rings. The van der Waals surface area contributed by atoms with Gasteiger partial charge >= 0.3 is 0 Å². The van der Waals surface area contributed by atoms with E-state index in [1.54, 1.807) is 6.07 Å². The van der Waals surface area contributed by atoms with Crippen LogP contribution in [0.3, 0.4) is 0 Å². The summed E-state index contributed by atoms with van der Waals surface area (Å²) in [5.41, 5.74) is 5.56. The summed E-state index contributed by atoms with van der Waals surface area (Å²) >= 11 is 1.49. The smallest absolute Gasteiger partial charge is 0.252 e. The molecule has 1 aliphatic carbocycles. The third kappa shape index (κ3) is 4.62. The molecule has 4 rings (SSSR count). The second-order valence-electron chi connectivity index (χ2n) is 7.78. The Morgan fingerprint density at radius 1 is 1.10 bits per heavy atom. The maximum Gasteiger partial charge on any atom is 0.252 e. The quantitative estimate of drug-likeness (QED) is 0.594. The third-order valence-electron chi connectivity index (χ3n) is 5.68. The van der Waals surface area contributed by atoms with Gasteiger partial charge in [0.25, 0.3) is 5.91 Å². The minimum absolute atomic E-state index is 0.0721. The molecular formula is C25H26N2O2S. The van der Waals surface area contributed by atoms with Gasteiger partial charge in [-0.15, -0.1) is 0 Å². The zero-order chi connectivity index (χ0) is 20.9. The Labute approximate surface area is 181 Å². The number of nitrogens with zero attached hydrogens (tertiary/aromatic N) is 1. The van der Waals surface area contributed by atoms with E-state index in [1.807, 2.05) is 21.7 Å². The summed E-state index contributed by atoms with van der Waals surface area (Å²) in [5.74, 6) is -0.0526. The fourth-order valence-electron chi connectivity index (χ4n) is 4.04. The number of hydrogen-bond donors (Lipinski definition) is 1. The van der Waals surface area contributed by atoms with Crippen LogP contribution in [0.5, 0.6) is 0 Å². The summed E-state index contributed by atoms with van der Waals surface area (Å²) in [5, 5.41) is 6.56. The lowest BCUT2D eigenvalue weighted by atomic mass is 10.0. The first-order valence-corrected chi connectivity index (χ1v) is 11.3. The summed E-state index contributed by atoms with van der Waals surface area (Å²) in [4.78, 5) is 27.4. The van der Waals surface area contributed by atoms with Gasteiger partial charge in [0, 0.05) is 30.5 Å². The van der Waals surface area contributed by atoms with E-state index >= 15 is 0 Å². The molecule has 30 heavy (non-hydrogen) atoms. The molecule has 2 amide bonds. The molecular weight excluding hydrogens is 392 g/mol. The van der Waals surface area contributed by atoms with Crippen LogP contribution in [-0.4, -0.2) is 23.3 Å². The lowest BCUT2D eigenvalue weighted by molar-refractivity contribution is -0.134. The van der Waals surface area contributed by atoms with Crippen molar-refractivity contribution in [2.45, 2.75) is 38.8 Å². The molecule has 0 bridgehead atoms. The number of benzene rings is 2. The van der Waals surface area contributed by atoms with E-state index in [1.165, 1.54) is 28.0 Å². The second-order valence-corrected chi connectivity index (χ2v) is 8.56. The number of fused-ring (bicyclic) bond motifs is 1. The Morgan fingerprint density at radius 3 is 2.67 bits per heavy atom. The number of nitrogens with one attached hydrogen (secondary N) is 1. The van der Waals surface area contributed by atoms with Crippen LogP contribution < -0.4 is 5.32 Å². The van der Waals surface area contributed by atoms with E-state index in [-0.39, 0.29) is 17.9 Å². The van der Waals surface area contributed by atoms with Crippen LogP contribution in [0.4, 0.5) is 0 Å². The molecule has 3 aromatic rings. The van der Waals surface area contributed by atoms with Crippen molar-refractivity contribution in [1.82, 2.24) is 10.2 Å². The molecule has 0 radical (unpaired) electrons. The highest BCUT2D eigenvalue weighted by molar-refractivity contribution is 7.08. The molecule has 1 atom stereocenters. The average molecular weight is 419 g/mol. The van der Waals surface area contributed by atoms with Crippen molar-refractivity contribution in [2.75, 3.05) is 6.54 Å². The first-order valence-electron chi connectivity index (χ1n) is 10.3. The Morgan fingerprint density at radius 2 is 1.90 bits per heavy atom. The molecule has 1 heterocycles. The molecule has 1 aromatic heterocycles. The molecule has 1 unspecified atom stereocenters. The number of amides is 2. The van der Waals surface area contributed by atoms with E-state index in [0.717, 1.165) is 18.4 Å². The SMILES string of the molecule is Cc1ccc(CN(C(=O)CCNC(=O)c2ccsc2)C2CCc3ccccc32)cc1. The van der Waals surface area contributed by atoms with Crippen molar-refractivity contribution in [3.05, 3.63) is 93.2 Å². The van der Waals surface area contributed by atoms with Crippen molar-refractivity contribution in [2.24, 2.45) is 0 Å². The van der Waals surface area contributed by atoms with Gasteiger partial charge in [0.05, 0.1) is 6.04 Å². The Bertz CT molecular complexity index is 1010. The fourth-order valence-corrected chi connectivity index (χ4v) is 4.68. The molecule has 0 saturated carbocycles. The highest BCUT2D eigenvalue weighted by Crippen LogP contribution is 2.36. The number of thiophene rings is 1. The number of carbonyl (C=O) groups excluding carboxylic acids is 2. The standard InChI is InChI=1S/C25H26N2O2S/c1-18-6-8-19(9-7-18)16-27(23-11-10-20-4-2-3-5-22(20)23)24(28)12-14-26-25(29)21-13-15-30-17-21/h2-9,13,15,17,23H,10-12,14,16H2,1H3,(H,26,29). The normalized spacial score (nSPS) is 14.9. The fraction of sp³-hybridized carbons (Fsp3) is 0.280. The Hall–Kier alpha value is -2.92. The Balaban J connectivity index is 1.47. The van der Waals surface area contributed by atoms with Crippen molar-refractivity contribution in [3.8, 4) is 0 Å². The van der Waals surface area contributed by atoms with E-state index in [2.05, 4.69) is 54.7 Å². The van der Waals surface area contributed by atoms with Crippen molar-refractivity contribution in [1.29, 1.82) is 0 Å². The van der Waals surface area contributed by atoms with Gasteiger partial charge in [-0.3, -0.25) is 9.59 Å². The average Bonchev–Trinajstić information content (AvgIpc) is 3.43. The van der Waals surface area contributed by atoms with Crippen LogP contribution in [0, 0.1) is 6.92 Å². The predicted molar refractivity (Wildman–Crippen MR) is 121 cm³/mol. The molecule has 154 valence electrons. The number of carbonyl (C=O) groups is 2.